The van der Waals surface area contributed by atoms with Crippen LogP contribution in [0, 0.1) is 0 Å². The topological polar surface area (TPSA) is 84.7 Å². The molecule has 1 fully saturated rings. The Bertz CT molecular complexity index is 769. The van der Waals surface area contributed by atoms with Gasteiger partial charge in [0.25, 0.3) is 5.91 Å². The number of ether oxygens (including phenoxy) is 1. The molecule has 2 aromatic rings. The number of benzene rings is 2. The lowest BCUT2D eigenvalue weighted by Crippen LogP contribution is -2.48. The first-order valence-electron chi connectivity index (χ1n) is 9.12. The zero-order valence-corrected chi connectivity index (χ0v) is 15.4. The Kier molecular flexibility index (Phi) is 6.08. The van der Waals surface area contributed by atoms with Gasteiger partial charge in [-0.05, 0) is 42.7 Å². The molecule has 2 amide bonds. The molecule has 3 rings (SSSR count). The maximum Gasteiger partial charge on any atom is 0.252 e. The molecule has 6 nitrogen and oxygen atoms in total. The zero-order valence-electron chi connectivity index (χ0n) is 15.4. The van der Waals surface area contributed by atoms with Crippen LogP contribution in [0.25, 0.3) is 0 Å². The van der Waals surface area contributed by atoms with E-state index in [1.807, 2.05) is 30.3 Å². The molecule has 142 valence electrons. The molecule has 2 aromatic carbocycles. The van der Waals surface area contributed by atoms with Gasteiger partial charge in [0, 0.05) is 24.7 Å². The number of amides is 2. The van der Waals surface area contributed by atoms with Gasteiger partial charge >= 0.3 is 0 Å². The van der Waals surface area contributed by atoms with Crippen LogP contribution >= 0.6 is 0 Å². The van der Waals surface area contributed by atoms with Gasteiger partial charge < -0.3 is 20.7 Å². The van der Waals surface area contributed by atoms with E-state index in [0.29, 0.717) is 24.4 Å². The fraction of sp³-hybridized carbons (Fsp3) is 0.333. The van der Waals surface area contributed by atoms with Gasteiger partial charge in [0.15, 0.2) is 0 Å². The maximum absolute atomic E-state index is 13.1. The van der Waals surface area contributed by atoms with Crippen molar-refractivity contribution in [1.82, 2.24) is 10.2 Å². The summed E-state index contributed by atoms with van der Waals surface area (Å²) in [7, 11) is 1.57. The normalized spacial score (nSPS) is 15.9. The third kappa shape index (κ3) is 4.65. The first kappa shape index (κ1) is 18.9. The lowest BCUT2D eigenvalue weighted by Gasteiger charge is -2.33. The molecule has 1 atom stereocenters. The Hall–Kier alpha value is -2.86. The Labute approximate surface area is 159 Å². The van der Waals surface area contributed by atoms with E-state index in [-0.39, 0.29) is 17.9 Å². The van der Waals surface area contributed by atoms with Crippen molar-refractivity contribution in [1.29, 1.82) is 0 Å². The summed E-state index contributed by atoms with van der Waals surface area (Å²) in [6, 6.07) is 15.5. The predicted molar refractivity (Wildman–Crippen MR) is 103 cm³/mol. The van der Waals surface area contributed by atoms with Gasteiger partial charge in [-0.25, -0.2) is 0 Å². The highest BCUT2D eigenvalue weighted by atomic mass is 16.5. The van der Waals surface area contributed by atoms with Crippen LogP contribution in [0.1, 0.15) is 34.8 Å². The molecule has 27 heavy (non-hydrogen) atoms. The van der Waals surface area contributed by atoms with Crippen LogP contribution in [0.5, 0.6) is 5.75 Å². The van der Waals surface area contributed by atoms with E-state index < -0.39 is 6.04 Å². The molecule has 0 bridgehead atoms. The second-order valence-corrected chi connectivity index (χ2v) is 6.71. The first-order chi connectivity index (χ1) is 13.1. The second-order valence-electron chi connectivity index (χ2n) is 6.71. The van der Waals surface area contributed by atoms with Crippen LogP contribution in [-0.2, 0) is 4.79 Å². The Morgan fingerprint density at radius 1 is 1.07 bits per heavy atom. The summed E-state index contributed by atoms with van der Waals surface area (Å²) in [6.07, 6.45) is 1.55. The molecule has 1 aliphatic heterocycles. The molecular weight excluding hydrogens is 342 g/mol. The van der Waals surface area contributed by atoms with E-state index in [1.165, 1.54) is 0 Å². The number of carbonyl (C=O) groups excluding carboxylic acids is 2. The number of methoxy groups -OCH3 is 1. The van der Waals surface area contributed by atoms with Crippen LogP contribution in [0.4, 0.5) is 0 Å². The predicted octanol–water partition coefficient (Wildman–Crippen LogP) is 2.12. The van der Waals surface area contributed by atoms with E-state index in [4.69, 9.17) is 10.5 Å². The molecule has 0 saturated carbocycles. The summed E-state index contributed by atoms with van der Waals surface area (Å²) in [5.41, 5.74) is 7.19. The molecule has 1 saturated heterocycles. The maximum atomic E-state index is 13.1. The van der Waals surface area contributed by atoms with Crippen molar-refractivity contribution >= 4 is 11.8 Å². The van der Waals surface area contributed by atoms with Gasteiger partial charge in [0.1, 0.15) is 11.8 Å². The number of carbonyl (C=O) groups is 2. The minimum Gasteiger partial charge on any atom is -0.497 e. The number of rotatable bonds is 5. The standard InChI is InChI=1S/C21H25N3O3/c1-27-18-9-7-16(8-10-18)20(25)23-19(15-5-3-2-4-6-15)21(26)24-13-11-17(22)12-14-24/h2-10,17,19H,11-14,22H2,1H3,(H,23,25). The average molecular weight is 367 g/mol. The summed E-state index contributed by atoms with van der Waals surface area (Å²) < 4.78 is 5.12. The summed E-state index contributed by atoms with van der Waals surface area (Å²) in [6.45, 7) is 1.23. The summed E-state index contributed by atoms with van der Waals surface area (Å²) in [5, 5.41) is 2.89. The van der Waals surface area contributed by atoms with Gasteiger partial charge in [0.05, 0.1) is 7.11 Å². The van der Waals surface area contributed by atoms with Crippen molar-refractivity contribution in [2.45, 2.75) is 24.9 Å². The molecule has 1 aliphatic rings. The molecule has 0 aliphatic carbocycles. The summed E-state index contributed by atoms with van der Waals surface area (Å²) >= 11 is 0. The van der Waals surface area contributed by atoms with Gasteiger partial charge in [-0.15, -0.1) is 0 Å². The molecule has 1 unspecified atom stereocenters. The van der Waals surface area contributed by atoms with Crippen LogP contribution in [-0.4, -0.2) is 43.0 Å². The zero-order chi connectivity index (χ0) is 19.2. The summed E-state index contributed by atoms with van der Waals surface area (Å²) in [4.78, 5) is 27.6. The van der Waals surface area contributed by atoms with Gasteiger partial charge in [0.2, 0.25) is 5.91 Å². The number of likely N-dealkylation sites (tertiary alicyclic amines) is 1. The van der Waals surface area contributed by atoms with Crippen molar-refractivity contribution in [3.05, 3.63) is 65.7 Å². The van der Waals surface area contributed by atoms with E-state index in [0.717, 1.165) is 18.4 Å². The second kappa shape index (κ2) is 8.68. The monoisotopic (exact) mass is 367 g/mol. The first-order valence-corrected chi connectivity index (χ1v) is 9.12. The smallest absolute Gasteiger partial charge is 0.252 e. The Morgan fingerprint density at radius 2 is 1.70 bits per heavy atom. The highest BCUT2D eigenvalue weighted by molar-refractivity contribution is 5.98. The Balaban J connectivity index is 1.79. The average Bonchev–Trinajstić information content (AvgIpc) is 2.72. The van der Waals surface area contributed by atoms with E-state index in [9.17, 15) is 9.59 Å². The summed E-state index contributed by atoms with van der Waals surface area (Å²) in [5.74, 6) is 0.274. The molecule has 0 aromatic heterocycles. The lowest BCUT2D eigenvalue weighted by molar-refractivity contribution is -0.134. The Morgan fingerprint density at radius 3 is 2.30 bits per heavy atom. The molecule has 0 spiro atoms. The van der Waals surface area contributed by atoms with E-state index in [1.54, 1.807) is 36.3 Å². The molecule has 0 radical (unpaired) electrons. The third-order valence-corrected chi connectivity index (χ3v) is 4.86. The van der Waals surface area contributed by atoms with Crippen LogP contribution in [0.15, 0.2) is 54.6 Å². The number of nitrogens with one attached hydrogen (secondary N) is 1. The van der Waals surface area contributed by atoms with Crippen LogP contribution in [0.2, 0.25) is 0 Å². The van der Waals surface area contributed by atoms with Crippen LogP contribution < -0.4 is 15.8 Å². The van der Waals surface area contributed by atoms with Gasteiger partial charge in [-0.3, -0.25) is 9.59 Å². The van der Waals surface area contributed by atoms with E-state index in [2.05, 4.69) is 5.32 Å². The highest BCUT2D eigenvalue weighted by Crippen LogP contribution is 2.20. The number of nitrogens with two attached hydrogens (primary N) is 1. The minimum absolute atomic E-state index is 0.102. The minimum atomic E-state index is -0.727. The van der Waals surface area contributed by atoms with Crippen molar-refractivity contribution in [3.63, 3.8) is 0 Å². The van der Waals surface area contributed by atoms with Crippen LogP contribution in [0.3, 0.4) is 0 Å². The molecule has 3 N–H and O–H groups in total. The van der Waals surface area contributed by atoms with Crippen molar-refractivity contribution in [2.75, 3.05) is 20.2 Å². The fourth-order valence-corrected chi connectivity index (χ4v) is 3.19. The van der Waals surface area contributed by atoms with Crippen molar-refractivity contribution in [3.8, 4) is 5.75 Å². The van der Waals surface area contributed by atoms with Crippen molar-refractivity contribution in [2.24, 2.45) is 5.73 Å². The lowest BCUT2D eigenvalue weighted by atomic mass is 10.0. The van der Waals surface area contributed by atoms with Gasteiger partial charge in [-0.2, -0.15) is 0 Å². The fourth-order valence-electron chi connectivity index (χ4n) is 3.19. The third-order valence-electron chi connectivity index (χ3n) is 4.86. The van der Waals surface area contributed by atoms with Crippen molar-refractivity contribution < 1.29 is 14.3 Å². The molecule has 1 heterocycles. The number of nitrogens with zero attached hydrogens (tertiary/aromatic N) is 1. The number of piperidine rings is 1. The van der Waals surface area contributed by atoms with Gasteiger partial charge in [-0.1, -0.05) is 30.3 Å². The quantitative estimate of drug-likeness (QED) is 0.848. The highest BCUT2D eigenvalue weighted by Gasteiger charge is 2.29. The largest absolute Gasteiger partial charge is 0.497 e. The molecular formula is C21H25N3O3. The molecule has 6 heteroatoms. The number of hydrogen-bond donors (Lipinski definition) is 2. The number of hydrogen-bond acceptors (Lipinski definition) is 4. The van der Waals surface area contributed by atoms with E-state index >= 15 is 0 Å². The SMILES string of the molecule is COc1ccc(C(=O)NC(C(=O)N2CCC(N)CC2)c2ccccc2)cc1.